The topological polar surface area (TPSA) is 79.8 Å². The fraction of sp³-hybridized carbons (Fsp3) is 0.455. The van der Waals surface area contributed by atoms with Crippen LogP contribution in [0.15, 0.2) is 41.6 Å². The Bertz CT molecular complexity index is 1050. The van der Waals surface area contributed by atoms with Crippen LogP contribution in [0.5, 0.6) is 0 Å². The molecule has 0 spiro atoms. The third-order valence-corrected chi connectivity index (χ3v) is 8.64. The summed E-state index contributed by atoms with van der Waals surface area (Å²) in [4.78, 5) is 17.9. The number of benzene rings is 1. The van der Waals surface area contributed by atoms with Crippen LogP contribution in [0.4, 0.5) is 0 Å². The Morgan fingerprint density at radius 2 is 1.85 bits per heavy atom. The molecule has 1 aromatic carbocycles. The second-order valence-corrected chi connectivity index (χ2v) is 11.0. The summed E-state index contributed by atoms with van der Waals surface area (Å²) < 4.78 is 33.7. The van der Waals surface area contributed by atoms with E-state index in [4.69, 9.17) is 39.5 Å². The molecule has 1 atom stereocenters. The van der Waals surface area contributed by atoms with E-state index in [-0.39, 0.29) is 39.1 Å². The van der Waals surface area contributed by atoms with Crippen LogP contribution in [-0.2, 0) is 26.0 Å². The SMILES string of the molecule is CN(CCc1ccncc1)C(=O)COCC1CCCCN1S(=O)(=O)c1c(Cl)cc(Cl)cc1Cl. The Hall–Kier alpha value is -1.42. The molecule has 180 valence electrons. The molecule has 7 nitrogen and oxygen atoms in total. The normalized spacial score (nSPS) is 17.2. The van der Waals surface area contributed by atoms with E-state index in [1.807, 2.05) is 12.1 Å². The van der Waals surface area contributed by atoms with Crippen molar-refractivity contribution in [2.75, 3.05) is 33.4 Å². The Kier molecular flexibility index (Phi) is 9.38. The van der Waals surface area contributed by atoms with Gasteiger partial charge in [-0.25, -0.2) is 8.42 Å². The maximum Gasteiger partial charge on any atom is 0.248 e. The highest BCUT2D eigenvalue weighted by atomic mass is 35.5. The highest BCUT2D eigenvalue weighted by Crippen LogP contribution is 2.36. The number of pyridine rings is 1. The number of carbonyl (C=O) groups excluding carboxylic acids is 1. The number of hydrogen-bond acceptors (Lipinski definition) is 5. The van der Waals surface area contributed by atoms with Gasteiger partial charge < -0.3 is 9.64 Å². The summed E-state index contributed by atoms with van der Waals surface area (Å²) in [5.74, 6) is -0.168. The van der Waals surface area contributed by atoms with Crippen LogP contribution < -0.4 is 0 Å². The standard InChI is InChI=1S/C22H26Cl3N3O4S/c1-27(11-7-16-5-8-26-9-6-16)21(29)15-32-14-18-4-2-3-10-28(18)33(30,31)22-19(24)12-17(23)13-20(22)25/h5-6,8-9,12-13,18H,2-4,7,10-11,14-15H2,1H3. The van der Waals surface area contributed by atoms with Crippen LogP contribution in [-0.4, -0.2) is 67.9 Å². The summed E-state index contributed by atoms with van der Waals surface area (Å²) in [6.07, 6.45) is 6.34. The maximum absolute atomic E-state index is 13.4. The van der Waals surface area contributed by atoms with Gasteiger partial charge in [-0.2, -0.15) is 4.31 Å². The third-order valence-electron chi connectivity index (χ3n) is 5.55. The lowest BCUT2D eigenvalue weighted by Gasteiger charge is -2.35. The molecule has 1 amide bonds. The van der Waals surface area contributed by atoms with Crippen molar-refractivity contribution in [1.29, 1.82) is 0 Å². The molecular formula is C22H26Cl3N3O4S. The van der Waals surface area contributed by atoms with E-state index in [1.54, 1.807) is 24.3 Å². The van der Waals surface area contributed by atoms with Gasteiger partial charge in [0.05, 0.1) is 16.7 Å². The predicted octanol–water partition coefficient (Wildman–Crippen LogP) is 4.30. The van der Waals surface area contributed by atoms with E-state index >= 15 is 0 Å². The van der Waals surface area contributed by atoms with E-state index in [2.05, 4.69) is 4.98 Å². The summed E-state index contributed by atoms with van der Waals surface area (Å²) in [5.41, 5.74) is 1.09. The number of sulfonamides is 1. The molecule has 1 saturated heterocycles. The van der Waals surface area contributed by atoms with Gasteiger partial charge in [0.25, 0.3) is 0 Å². The van der Waals surface area contributed by atoms with Gasteiger partial charge >= 0.3 is 0 Å². The smallest absolute Gasteiger partial charge is 0.248 e. The number of aromatic nitrogens is 1. The Morgan fingerprint density at radius 1 is 1.18 bits per heavy atom. The molecule has 0 bridgehead atoms. The number of nitrogens with zero attached hydrogens (tertiary/aromatic N) is 3. The molecule has 1 aliphatic rings. The minimum atomic E-state index is -3.97. The van der Waals surface area contributed by atoms with E-state index in [0.717, 1.165) is 18.4 Å². The number of carbonyl (C=O) groups is 1. The van der Waals surface area contributed by atoms with Crippen molar-refractivity contribution in [1.82, 2.24) is 14.2 Å². The summed E-state index contributed by atoms with van der Waals surface area (Å²) in [7, 11) is -2.25. The van der Waals surface area contributed by atoms with Crippen LogP contribution >= 0.6 is 34.8 Å². The highest BCUT2D eigenvalue weighted by molar-refractivity contribution is 7.89. The second-order valence-electron chi connectivity index (χ2n) is 7.90. The number of ether oxygens (including phenoxy) is 1. The quantitative estimate of drug-likeness (QED) is 0.479. The molecule has 0 radical (unpaired) electrons. The molecule has 1 aliphatic heterocycles. The summed E-state index contributed by atoms with van der Waals surface area (Å²) >= 11 is 18.3. The van der Waals surface area contributed by atoms with Crippen LogP contribution in [0, 0.1) is 0 Å². The molecule has 2 heterocycles. The number of rotatable bonds is 9. The number of hydrogen-bond donors (Lipinski definition) is 0. The van der Waals surface area contributed by atoms with Crippen molar-refractivity contribution in [2.45, 2.75) is 36.6 Å². The first-order valence-electron chi connectivity index (χ1n) is 10.6. The summed E-state index contributed by atoms with van der Waals surface area (Å²) in [5, 5.41) is 0.210. The maximum atomic E-state index is 13.4. The molecule has 0 aliphatic carbocycles. The van der Waals surface area contributed by atoms with Crippen molar-refractivity contribution in [3.63, 3.8) is 0 Å². The van der Waals surface area contributed by atoms with E-state index in [0.29, 0.717) is 25.9 Å². The second kappa shape index (κ2) is 11.8. The van der Waals surface area contributed by atoms with Crippen molar-refractivity contribution < 1.29 is 17.9 Å². The fourth-order valence-corrected chi connectivity index (χ4v) is 6.89. The minimum absolute atomic E-state index is 0.0243. The van der Waals surface area contributed by atoms with Gasteiger partial charge in [0.1, 0.15) is 11.5 Å². The summed E-state index contributed by atoms with van der Waals surface area (Å²) in [6, 6.07) is 6.12. The van der Waals surface area contributed by atoms with Crippen molar-refractivity contribution in [3.05, 3.63) is 57.3 Å². The first-order chi connectivity index (χ1) is 15.7. The van der Waals surface area contributed by atoms with Crippen molar-refractivity contribution >= 4 is 50.7 Å². The zero-order valence-corrected chi connectivity index (χ0v) is 21.3. The van der Waals surface area contributed by atoms with Gasteiger partial charge in [-0.1, -0.05) is 41.2 Å². The lowest BCUT2D eigenvalue weighted by atomic mass is 10.1. The average Bonchev–Trinajstić information content (AvgIpc) is 2.77. The van der Waals surface area contributed by atoms with Crippen LogP contribution in [0.1, 0.15) is 24.8 Å². The van der Waals surface area contributed by atoms with Gasteiger partial charge in [-0.05, 0) is 49.1 Å². The summed E-state index contributed by atoms with van der Waals surface area (Å²) in [6.45, 7) is 0.848. The van der Waals surface area contributed by atoms with Crippen LogP contribution in [0.2, 0.25) is 15.1 Å². The van der Waals surface area contributed by atoms with Crippen molar-refractivity contribution in [2.24, 2.45) is 0 Å². The molecule has 11 heteroatoms. The first kappa shape index (κ1) is 26.2. The highest BCUT2D eigenvalue weighted by Gasteiger charge is 2.36. The van der Waals surface area contributed by atoms with E-state index in [1.165, 1.54) is 16.4 Å². The average molecular weight is 535 g/mol. The third kappa shape index (κ3) is 6.81. The van der Waals surface area contributed by atoms with Gasteiger partial charge in [-0.3, -0.25) is 9.78 Å². The van der Waals surface area contributed by atoms with Gasteiger partial charge in [0, 0.05) is 43.6 Å². The molecule has 1 fully saturated rings. The lowest BCUT2D eigenvalue weighted by Crippen LogP contribution is -2.46. The number of likely N-dealkylation sites (N-methyl/N-ethyl adjacent to an activating group) is 1. The minimum Gasteiger partial charge on any atom is -0.370 e. The largest absolute Gasteiger partial charge is 0.370 e. The monoisotopic (exact) mass is 533 g/mol. The first-order valence-corrected chi connectivity index (χ1v) is 13.1. The fourth-order valence-electron chi connectivity index (χ4n) is 3.71. The molecule has 1 unspecified atom stereocenters. The Balaban J connectivity index is 1.59. The number of amides is 1. The molecule has 2 aromatic rings. The molecular weight excluding hydrogens is 509 g/mol. The predicted molar refractivity (Wildman–Crippen MR) is 129 cm³/mol. The molecule has 0 saturated carbocycles. The van der Waals surface area contributed by atoms with Gasteiger partial charge in [0.2, 0.25) is 15.9 Å². The molecule has 1 aromatic heterocycles. The zero-order chi connectivity index (χ0) is 24.0. The number of piperidine rings is 1. The Labute approximate surface area is 209 Å². The molecule has 3 rings (SSSR count). The van der Waals surface area contributed by atoms with E-state index in [9.17, 15) is 13.2 Å². The van der Waals surface area contributed by atoms with Crippen LogP contribution in [0.3, 0.4) is 0 Å². The van der Waals surface area contributed by atoms with Gasteiger partial charge in [-0.15, -0.1) is 0 Å². The number of halogens is 3. The lowest BCUT2D eigenvalue weighted by molar-refractivity contribution is -0.135. The van der Waals surface area contributed by atoms with Crippen LogP contribution in [0.25, 0.3) is 0 Å². The van der Waals surface area contributed by atoms with Crippen molar-refractivity contribution in [3.8, 4) is 0 Å². The zero-order valence-electron chi connectivity index (χ0n) is 18.2. The van der Waals surface area contributed by atoms with E-state index < -0.39 is 16.1 Å². The molecule has 0 N–H and O–H groups in total. The Morgan fingerprint density at radius 3 is 2.52 bits per heavy atom. The van der Waals surface area contributed by atoms with Gasteiger partial charge in [0.15, 0.2) is 0 Å². The molecule has 33 heavy (non-hydrogen) atoms.